The summed E-state index contributed by atoms with van der Waals surface area (Å²) >= 11 is 0. The fraction of sp³-hybridized carbons (Fsp3) is 0.682. The molecule has 164 valence electrons. The van der Waals surface area contributed by atoms with Crippen molar-refractivity contribution in [1.29, 1.82) is 0 Å². The fourth-order valence-electron chi connectivity index (χ4n) is 3.60. The van der Waals surface area contributed by atoms with Crippen molar-refractivity contribution in [1.82, 2.24) is 15.5 Å². The van der Waals surface area contributed by atoms with E-state index in [4.69, 9.17) is 14.2 Å². The van der Waals surface area contributed by atoms with Crippen LogP contribution in [0.3, 0.4) is 0 Å². The van der Waals surface area contributed by atoms with Gasteiger partial charge in [0.1, 0.15) is 0 Å². The Hall–Kier alpha value is -2.15. The van der Waals surface area contributed by atoms with Crippen LogP contribution in [-0.4, -0.2) is 64.9 Å². The zero-order valence-corrected chi connectivity index (χ0v) is 18.6. The lowest BCUT2D eigenvalue weighted by Gasteiger charge is -2.20. The van der Waals surface area contributed by atoms with E-state index in [9.17, 15) is 0 Å². The molecule has 2 N–H and O–H groups in total. The van der Waals surface area contributed by atoms with Gasteiger partial charge in [-0.05, 0) is 63.5 Å². The number of guanidine groups is 1. The van der Waals surface area contributed by atoms with E-state index in [0.29, 0.717) is 30.4 Å². The minimum Gasteiger partial charge on any atom is -0.493 e. The Labute approximate surface area is 175 Å². The third kappa shape index (κ3) is 7.65. The molecule has 0 spiro atoms. The normalized spacial score (nSPS) is 15.5. The number of rotatable bonds is 10. The number of ether oxygens (including phenoxy) is 3. The molecule has 0 bridgehead atoms. The van der Waals surface area contributed by atoms with Gasteiger partial charge >= 0.3 is 0 Å². The lowest BCUT2D eigenvalue weighted by molar-refractivity contribution is 0.282. The van der Waals surface area contributed by atoms with Gasteiger partial charge in [-0.15, -0.1) is 0 Å². The Morgan fingerprint density at radius 3 is 2.24 bits per heavy atom. The summed E-state index contributed by atoms with van der Waals surface area (Å²) in [4.78, 5) is 6.91. The number of nitrogens with zero attached hydrogens (tertiary/aromatic N) is 2. The molecule has 0 saturated carbocycles. The molecule has 29 heavy (non-hydrogen) atoms. The summed E-state index contributed by atoms with van der Waals surface area (Å²) in [5.74, 6) is 2.77. The molecule has 0 atom stereocenters. The first-order chi connectivity index (χ1) is 14.2. The van der Waals surface area contributed by atoms with Crippen LogP contribution in [0.5, 0.6) is 17.2 Å². The number of benzene rings is 1. The van der Waals surface area contributed by atoms with Crippen molar-refractivity contribution in [3.8, 4) is 17.2 Å². The van der Waals surface area contributed by atoms with Gasteiger partial charge in [0.2, 0.25) is 5.75 Å². The molecule has 7 nitrogen and oxygen atoms in total. The largest absolute Gasteiger partial charge is 0.493 e. The predicted octanol–water partition coefficient (Wildman–Crippen LogP) is 3.03. The van der Waals surface area contributed by atoms with Crippen molar-refractivity contribution in [2.45, 2.75) is 45.6 Å². The monoisotopic (exact) mass is 406 g/mol. The maximum absolute atomic E-state index is 5.66. The van der Waals surface area contributed by atoms with Gasteiger partial charge in [-0.1, -0.05) is 12.8 Å². The van der Waals surface area contributed by atoms with Crippen LogP contribution in [0.15, 0.2) is 17.1 Å². The van der Waals surface area contributed by atoms with Crippen LogP contribution in [0.4, 0.5) is 0 Å². The van der Waals surface area contributed by atoms with E-state index >= 15 is 0 Å². The van der Waals surface area contributed by atoms with Crippen LogP contribution in [0.25, 0.3) is 0 Å². The first-order valence-electron chi connectivity index (χ1n) is 10.8. The molecule has 7 heteroatoms. The number of hydrogen-bond acceptors (Lipinski definition) is 5. The molecular formula is C22H38N4O3. The molecule has 1 aromatic rings. The van der Waals surface area contributed by atoms with Gasteiger partial charge in [0.15, 0.2) is 17.5 Å². The maximum atomic E-state index is 5.66. The van der Waals surface area contributed by atoms with E-state index in [2.05, 4.69) is 20.5 Å². The Balaban J connectivity index is 1.82. The van der Waals surface area contributed by atoms with Crippen molar-refractivity contribution in [2.24, 2.45) is 4.99 Å². The Morgan fingerprint density at radius 1 is 1.03 bits per heavy atom. The topological polar surface area (TPSA) is 67.4 Å². The summed E-state index contributed by atoms with van der Waals surface area (Å²) in [5, 5.41) is 6.77. The minimum absolute atomic E-state index is 0.554. The molecule has 1 aromatic carbocycles. The number of nitrogens with one attached hydrogen (secondary N) is 2. The molecule has 0 aliphatic carbocycles. The summed E-state index contributed by atoms with van der Waals surface area (Å²) in [6.07, 6.45) is 6.56. The second-order valence-electron chi connectivity index (χ2n) is 7.22. The van der Waals surface area contributed by atoms with Gasteiger partial charge in [-0.25, -0.2) is 0 Å². The quantitative estimate of drug-likeness (QED) is 0.354. The lowest BCUT2D eigenvalue weighted by atomic mass is 10.2. The molecule has 0 unspecified atom stereocenters. The molecule has 1 saturated heterocycles. The number of methoxy groups -OCH3 is 2. The van der Waals surface area contributed by atoms with Crippen LogP contribution in [0.1, 0.15) is 44.6 Å². The van der Waals surface area contributed by atoms with Crippen molar-refractivity contribution >= 4 is 5.96 Å². The Bertz CT molecular complexity index is 603. The van der Waals surface area contributed by atoms with Crippen LogP contribution in [0.2, 0.25) is 0 Å². The molecular weight excluding hydrogens is 368 g/mol. The summed E-state index contributed by atoms with van der Waals surface area (Å²) in [5.41, 5.74) is 1.04. The highest BCUT2D eigenvalue weighted by molar-refractivity contribution is 5.79. The average Bonchev–Trinajstić information content (AvgIpc) is 3.02. The first kappa shape index (κ1) is 23.1. The molecule has 1 aliphatic rings. The molecule has 1 fully saturated rings. The van der Waals surface area contributed by atoms with Crippen LogP contribution < -0.4 is 24.8 Å². The minimum atomic E-state index is 0.554. The number of hydrogen-bond donors (Lipinski definition) is 2. The van der Waals surface area contributed by atoms with E-state index < -0.39 is 0 Å². The van der Waals surface area contributed by atoms with E-state index in [1.165, 1.54) is 38.8 Å². The maximum Gasteiger partial charge on any atom is 0.203 e. The SMILES string of the molecule is CCOc1c(OC)cc(CNC(=NC)NCCCN2CCCCCC2)cc1OC. The van der Waals surface area contributed by atoms with Crippen molar-refractivity contribution in [3.63, 3.8) is 0 Å². The van der Waals surface area contributed by atoms with Gasteiger partial charge in [0.05, 0.1) is 20.8 Å². The van der Waals surface area contributed by atoms with E-state index in [-0.39, 0.29) is 0 Å². The van der Waals surface area contributed by atoms with Gasteiger partial charge in [0.25, 0.3) is 0 Å². The van der Waals surface area contributed by atoms with Crippen molar-refractivity contribution < 1.29 is 14.2 Å². The summed E-state index contributed by atoms with van der Waals surface area (Å²) in [6.45, 7) is 7.66. The predicted molar refractivity (Wildman–Crippen MR) is 118 cm³/mol. The molecule has 1 aliphatic heterocycles. The average molecular weight is 407 g/mol. The number of likely N-dealkylation sites (tertiary alicyclic amines) is 1. The molecule has 2 rings (SSSR count). The van der Waals surface area contributed by atoms with E-state index in [1.807, 2.05) is 19.1 Å². The second-order valence-corrected chi connectivity index (χ2v) is 7.22. The molecule has 0 aromatic heterocycles. The smallest absolute Gasteiger partial charge is 0.203 e. The lowest BCUT2D eigenvalue weighted by Crippen LogP contribution is -2.38. The van der Waals surface area contributed by atoms with Gasteiger partial charge in [-0.3, -0.25) is 4.99 Å². The van der Waals surface area contributed by atoms with E-state index in [1.54, 1.807) is 21.3 Å². The van der Waals surface area contributed by atoms with Crippen molar-refractivity contribution in [3.05, 3.63) is 17.7 Å². The zero-order chi connectivity index (χ0) is 20.9. The Morgan fingerprint density at radius 2 is 1.69 bits per heavy atom. The van der Waals surface area contributed by atoms with Crippen molar-refractivity contribution in [2.75, 3.05) is 54.1 Å². The third-order valence-corrected chi connectivity index (χ3v) is 5.13. The second kappa shape index (κ2) is 13.1. The third-order valence-electron chi connectivity index (χ3n) is 5.13. The van der Waals surface area contributed by atoms with Crippen LogP contribution in [-0.2, 0) is 6.54 Å². The van der Waals surface area contributed by atoms with Gasteiger partial charge < -0.3 is 29.7 Å². The zero-order valence-electron chi connectivity index (χ0n) is 18.6. The Kier molecular flexibility index (Phi) is 10.5. The number of aliphatic imine (C=N–C) groups is 1. The fourth-order valence-corrected chi connectivity index (χ4v) is 3.60. The first-order valence-corrected chi connectivity index (χ1v) is 10.8. The standard InChI is InChI=1S/C22H38N4O3/c1-5-29-21-19(27-3)15-18(16-20(21)28-4)17-25-22(23-2)24-11-10-14-26-12-8-6-7-9-13-26/h15-16H,5-14,17H2,1-4H3,(H2,23,24,25). The highest BCUT2D eigenvalue weighted by Crippen LogP contribution is 2.38. The summed E-state index contributed by atoms with van der Waals surface area (Å²) < 4.78 is 16.6. The summed E-state index contributed by atoms with van der Waals surface area (Å²) in [7, 11) is 5.07. The van der Waals surface area contributed by atoms with Gasteiger partial charge in [0, 0.05) is 20.1 Å². The molecule has 1 heterocycles. The van der Waals surface area contributed by atoms with Gasteiger partial charge in [-0.2, -0.15) is 0 Å². The van der Waals surface area contributed by atoms with Crippen LogP contribution in [0, 0.1) is 0 Å². The summed E-state index contributed by atoms with van der Waals surface area (Å²) in [6, 6.07) is 3.93. The van der Waals surface area contributed by atoms with E-state index in [0.717, 1.165) is 31.0 Å². The van der Waals surface area contributed by atoms with Crippen LogP contribution >= 0.6 is 0 Å². The molecule has 0 amide bonds. The highest BCUT2D eigenvalue weighted by Gasteiger charge is 2.14. The molecule has 0 radical (unpaired) electrons. The highest BCUT2D eigenvalue weighted by atomic mass is 16.5.